The molecule has 0 aromatic heterocycles. The standard InChI is InChI=1S/C7H16N2O2/c1-3-11-5-7(2,9)4-6(8)10/h3-5,9H2,1-2H3,(H2,8,10). The highest BCUT2D eigenvalue weighted by Crippen LogP contribution is 2.04. The zero-order chi connectivity index (χ0) is 8.91. The minimum absolute atomic E-state index is 0.160. The maximum atomic E-state index is 10.5. The molecule has 0 rings (SSSR count). The van der Waals surface area contributed by atoms with Gasteiger partial charge >= 0.3 is 0 Å². The zero-order valence-corrected chi connectivity index (χ0v) is 7.09. The van der Waals surface area contributed by atoms with Gasteiger partial charge in [0.2, 0.25) is 5.91 Å². The summed E-state index contributed by atoms with van der Waals surface area (Å²) < 4.78 is 5.07. The summed E-state index contributed by atoms with van der Waals surface area (Å²) in [6.07, 6.45) is 0.160. The Kier molecular flexibility index (Phi) is 4.07. The van der Waals surface area contributed by atoms with Crippen molar-refractivity contribution < 1.29 is 9.53 Å². The van der Waals surface area contributed by atoms with Crippen LogP contribution in [-0.4, -0.2) is 24.7 Å². The molecule has 66 valence electrons. The van der Waals surface area contributed by atoms with E-state index in [-0.39, 0.29) is 6.42 Å². The fraction of sp³-hybridized carbons (Fsp3) is 0.857. The topological polar surface area (TPSA) is 78.3 Å². The lowest BCUT2D eigenvalue weighted by molar-refractivity contribution is -0.119. The van der Waals surface area contributed by atoms with Crippen LogP contribution in [0, 0.1) is 0 Å². The van der Waals surface area contributed by atoms with E-state index in [9.17, 15) is 4.79 Å². The van der Waals surface area contributed by atoms with E-state index < -0.39 is 11.4 Å². The first kappa shape index (κ1) is 10.4. The Morgan fingerprint density at radius 3 is 2.55 bits per heavy atom. The van der Waals surface area contributed by atoms with Crippen LogP contribution in [0.15, 0.2) is 0 Å². The van der Waals surface area contributed by atoms with Crippen molar-refractivity contribution in [3.8, 4) is 0 Å². The number of amides is 1. The highest BCUT2D eigenvalue weighted by Gasteiger charge is 2.20. The van der Waals surface area contributed by atoms with Crippen molar-refractivity contribution in [3.63, 3.8) is 0 Å². The zero-order valence-electron chi connectivity index (χ0n) is 7.09. The first-order valence-electron chi connectivity index (χ1n) is 3.63. The van der Waals surface area contributed by atoms with Crippen LogP contribution in [0.3, 0.4) is 0 Å². The molecule has 0 aliphatic carbocycles. The van der Waals surface area contributed by atoms with E-state index in [0.717, 1.165) is 0 Å². The highest BCUT2D eigenvalue weighted by molar-refractivity contribution is 5.75. The average molecular weight is 160 g/mol. The monoisotopic (exact) mass is 160 g/mol. The molecule has 1 unspecified atom stereocenters. The third kappa shape index (κ3) is 5.82. The van der Waals surface area contributed by atoms with E-state index in [1.54, 1.807) is 6.92 Å². The molecule has 11 heavy (non-hydrogen) atoms. The van der Waals surface area contributed by atoms with Crippen molar-refractivity contribution in [3.05, 3.63) is 0 Å². The van der Waals surface area contributed by atoms with Crippen LogP contribution in [-0.2, 0) is 9.53 Å². The third-order valence-corrected chi connectivity index (χ3v) is 1.21. The number of hydrogen-bond acceptors (Lipinski definition) is 3. The summed E-state index contributed by atoms with van der Waals surface area (Å²) in [5, 5.41) is 0. The molecule has 0 heterocycles. The fourth-order valence-corrected chi connectivity index (χ4v) is 0.784. The lowest BCUT2D eigenvalue weighted by atomic mass is 10.0. The summed E-state index contributed by atoms with van der Waals surface area (Å²) in [5.41, 5.74) is 10.0. The Morgan fingerprint density at radius 2 is 2.18 bits per heavy atom. The second-order valence-electron chi connectivity index (χ2n) is 2.93. The number of nitrogens with two attached hydrogens (primary N) is 2. The number of ether oxygens (including phenoxy) is 1. The summed E-state index contributed by atoms with van der Waals surface area (Å²) in [5.74, 6) is -0.394. The van der Waals surface area contributed by atoms with Crippen LogP contribution in [0.4, 0.5) is 0 Å². The molecular weight excluding hydrogens is 144 g/mol. The summed E-state index contributed by atoms with van der Waals surface area (Å²) in [6, 6.07) is 0. The van der Waals surface area contributed by atoms with E-state index in [1.807, 2.05) is 6.92 Å². The van der Waals surface area contributed by atoms with Gasteiger partial charge in [0, 0.05) is 18.6 Å². The molecule has 0 aliphatic rings. The van der Waals surface area contributed by atoms with Gasteiger partial charge in [-0.25, -0.2) is 0 Å². The molecule has 0 spiro atoms. The Balaban J connectivity index is 3.70. The predicted octanol–water partition coefficient (Wildman–Crippen LogP) is -0.384. The van der Waals surface area contributed by atoms with Crippen LogP contribution in [0.5, 0.6) is 0 Å². The first-order valence-corrected chi connectivity index (χ1v) is 3.63. The molecule has 4 heteroatoms. The van der Waals surface area contributed by atoms with Gasteiger partial charge in [0.25, 0.3) is 0 Å². The predicted molar refractivity (Wildman–Crippen MR) is 42.9 cm³/mol. The van der Waals surface area contributed by atoms with Gasteiger partial charge in [-0.1, -0.05) is 0 Å². The van der Waals surface area contributed by atoms with E-state index in [4.69, 9.17) is 16.2 Å². The number of rotatable bonds is 5. The Labute approximate surface area is 66.9 Å². The van der Waals surface area contributed by atoms with Gasteiger partial charge in [0.15, 0.2) is 0 Å². The van der Waals surface area contributed by atoms with Crippen LogP contribution in [0.1, 0.15) is 20.3 Å². The summed E-state index contributed by atoms with van der Waals surface area (Å²) in [6.45, 7) is 4.59. The van der Waals surface area contributed by atoms with Crippen LogP contribution >= 0.6 is 0 Å². The van der Waals surface area contributed by atoms with E-state index >= 15 is 0 Å². The Morgan fingerprint density at radius 1 is 1.64 bits per heavy atom. The van der Waals surface area contributed by atoms with E-state index in [0.29, 0.717) is 13.2 Å². The quantitative estimate of drug-likeness (QED) is 0.575. The molecule has 0 aromatic rings. The molecule has 1 atom stereocenters. The number of carbonyl (C=O) groups is 1. The third-order valence-electron chi connectivity index (χ3n) is 1.21. The van der Waals surface area contributed by atoms with Crippen LogP contribution < -0.4 is 11.5 Å². The summed E-state index contributed by atoms with van der Waals surface area (Å²) >= 11 is 0. The fourth-order valence-electron chi connectivity index (χ4n) is 0.784. The minimum Gasteiger partial charge on any atom is -0.380 e. The second-order valence-corrected chi connectivity index (χ2v) is 2.93. The number of carbonyl (C=O) groups excluding carboxylic acids is 1. The van der Waals surface area contributed by atoms with Gasteiger partial charge in [-0.05, 0) is 13.8 Å². The van der Waals surface area contributed by atoms with Crippen LogP contribution in [0.25, 0.3) is 0 Å². The van der Waals surface area contributed by atoms with Gasteiger partial charge in [-0.3, -0.25) is 4.79 Å². The Bertz CT molecular complexity index is 134. The van der Waals surface area contributed by atoms with Crippen molar-refractivity contribution in [2.24, 2.45) is 11.5 Å². The minimum atomic E-state index is -0.623. The van der Waals surface area contributed by atoms with Gasteiger partial charge in [-0.15, -0.1) is 0 Å². The maximum absolute atomic E-state index is 10.5. The first-order chi connectivity index (χ1) is 4.98. The van der Waals surface area contributed by atoms with E-state index in [1.165, 1.54) is 0 Å². The molecule has 0 bridgehead atoms. The molecule has 0 aliphatic heterocycles. The molecule has 4 nitrogen and oxygen atoms in total. The number of hydrogen-bond donors (Lipinski definition) is 2. The second kappa shape index (κ2) is 4.31. The maximum Gasteiger partial charge on any atom is 0.219 e. The molecule has 4 N–H and O–H groups in total. The van der Waals surface area contributed by atoms with Gasteiger partial charge in [-0.2, -0.15) is 0 Å². The molecule has 0 aromatic carbocycles. The molecule has 0 saturated carbocycles. The van der Waals surface area contributed by atoms with Crippen molar-refractivity contribution in [2.45, 2.75) is 25.8 Å². The average Bonchev–Trinajstić information content (AvgIpc) is 1.81. The lowest BCUT2D eigenvalue weighted by Crippen LogP contribution is -2.44. The van der Waals surface area contributed by atoms with E-state index in [2.05, 4.69) is 0 Å². The Hall–Kier alpha value is -0.610. The van der Waals surface area contributed by atoms with Crippen molar-refractivity contribution in [1.82, 2.24) is 0 Å². The number of primary amides is 1. The van der Waals surface area contributed by atoms with Gasteiger partial charge in [0.1, 0.15) is 0 Å². The molecule has 1 amide bonds. The summed E-state index contributed by atoms with van der Waals surface area (Å²) in [4.78, 5) is 10.5. The van der Waals surface area contributed by atoms with Gasteiger partial charge in [0.05, 0.1) is 6.61 Å². The smallest absolute Gasteiger partial charge is 0.219 e. The van der Waals surface area contributed by atoms with Crippen molar-refractivity contribution >= 4 is 5.91 Å². The van der Waals surface area contributed by atoms with Crippen LogP contribution in [0.2, 0.25) is 0 Å². The normalized spacial score (nSPS) is 15.9. The molecule has 0 radical (unpaired) electrons. The SMILES string of the molecule is CCOCC(C)(N)CC(N)=O. The van der Waals surface area contributed by atoms with Crippen molar-refractivity contribution in [1.29, 1.82) is 0 Å². The molecular formula is C7H16N2O2. The lowest BCUT2D eigenvalue weighted by Gasteiger charge is -2.21. The van der Waals surface area contributed by atoms with Crippen molar-refractivity contribution in [2.75, 3.05) is 13.2 Å². The summed E-state index contributed by atoms with van der Waals surface area (Å²) in [7, 11) is 0. The highest BCUT2D eigenvalue weighted by atomic mass is 16.5. The van der Waals surface area contributed by atoms with Gasteiger partial charge < -0.3 is 16.2 Å². The largest absolute Gasteiger partial charge is 0.380 e. The molecule has 0 saturated heterocycles. The molecule has 0 fully saturated rings.